The number of ether oxygens (including phenoxy) is 2. The molecule has 1 aromatic carbocycles. The largest absolute Gasteiger partial charge is 0.348 e. The summed E-state index contributed by atoms with van der Waals surface area (Å²) < 4.78 is 26.1. The van der Waals surface area contributed by atoms with Gasteiger partial charge in [0.2, 0.25) is 0 Å². The average Bonchev–Trinajstić information content (AvgIpc) is 2.56. The van der Waals surface area contributed by atoms with Crippen LogP contribution >= 0.6 is 22.6 Å². The third-order valence-electron chi connectivity index (χ3n) is 4.68. The fourth-order valence-electron chi connectivity index (χ4n) is 3.30. The molecule has 0 atom stereocenters. The van der Waals surface area contributed by atoms with Crippen LogP contribution in [-0.2, 0) is 9.47 Å². The molecule has 0 N–H and O–H groups in total. The summed E-state index contributed by atoms with van der Waals surface area (Å²) in [5.41, 5.74) is 0.693. The van der Waals surface area contributed by atoms with Crippen molar-refractivity contribution in [1.82, 2.24) is 0 Å². The van der Waals surface area contributed by atoms with Crippen LogP contribution in [0.3, 0.4) is 0 Å². The molecule has 1 aromatic rings. The van der Waals surface area contributed by atoms with Crippen molar-refractivity contribution in [2.45, 2.75) is 35.9 Å². The Bertz CT molecular complexity index is 558. The first-order chi connectivity index (χ1) is 10.7. The van der Waals surface area contributed by atoms with Gasteiger partial charge in [0, 0.05) is 15.4 Å². The summed E-state index contributed by atoms with van der Waals surface area (Å²) in [5, 5.41) is 8.76. The zero-order chi connectivity index (χ0) is 15.5. The highest BCUT2D eigenvalue weighted by molar-refractivity contribution is 14.1. The van der Waals surface area contributed by atoms with Gasteiger partial charge in [-0.1, -0.05) is 28.7 Å². The van der Waals surface area contributed by atoms with E-state index in [1.165, 1.54) is 37.8 Å². The van der Waals surface area contributed by atoms with Gasteiger partial charge in [-0.25, -0.2) is 4.39 Å². The minimum atomic E-state index is -0.519. The lowest BCUT2D eigenvalue weighted by Crippen LogP contribution is -2.34. The molecule has 1 aliphatic carbocycles. The molecule has 0 bridgehead atoms. The molecule has 0 amide bonds. The average molecular weight is 415 g/mol. The van der Waals surface area contributed by atoms with Gasteiger partial charge in [0.25, 0.3) is 0 Å². The number of nitrogens with zero attached hydrogens (tertiary/aromatic N) is 1. The van der Waals surface area contributed by atoms with Gasteiger partial charge in [-0.05, 0) is 43.7 Å². The molecule has 118 valence electrons. The molecule has 2 aliphatic rings. The SMILES string of the molecule is N#Cc1ccc(C2OCC(C3CCC(I)CC3)CO2)cc1F. The number of nitriles is 1. The number of alkyl halides is 1. The van der Waals surface area contributed by atoms with Crippen LogP contribution in [0.4, 0.5) is 4.39 Å². The summed E-state index contributed by atoms with van der Waals surface area (Å²) in [6.07, 6.45) is 4.56. The Labute approximate surface area is 143 Å². The lowest BCUT2D eigenvalue weighted by molar-refractivity contribution is -0.214. The predicted molar refractivity (Wildman–Crippen MR) is 89.0 cm³/mol. The first-order valence-electron chi connectivity index (χ1n) is 7.74. The summed E-state index contributed by atoms with van der Waals surface area (Å²) in [6, 6.07) is 6.34. The maximum atomic E-state index is 13.7. The van der Waals surface area contributed by atoms with Crippen LogP contribution in [-0.4, -0.2) is 17.1 Å². The van der Waals surface area contributed by atoms with Gasteiger partial charge >= 0.3 is 0 Å². The number of benzene rings is 1. The first kappa shape index (κ1) is 16.2. The van der Waals surface area contributed by atoms with E-state index < -0.39 is 12.1 Å². The molecule has 1 heterocycles. The van der Waals surface area contributed by atoms with Crippen molar-refractivity contribution in [3.05, 3.63) is 35.1 Å². The molecular weight excluding hydrogens is 396 g/mol. The maximum Gasteiger partial charge on any atom is 0.183 e. The summed E-state index contributed by atoms with van der Waals surface area (Å²) in [5.74, 6) is 0.614. The lowest BCUT2D eigenvalue weighted by Gasteiger charge is -2.37. The maximum absolute atomic E-state index is 13.7. The second kappa shape index (κ2) is 7.24. The molecule has 3 rings (SSSR count). The van der Waals surface area contributed by atoms with Crippen LogP contribution in [0.15, 0.2) is 18.2 Å². The Kier molecular flexibility index (Phi) is 5.32. The quantitative estimate of drug-likeness (QED) is 0.533. The van der Waals surface area contributed by atoms with Crippen LogP contribution in [0, 0.1) is 29.0 Å². The van der Waals surface area contributed by atoms with Crippen molar-refractivity contribution >= 4 is 22.6 Å². The second-order valence-electron chi connectivity index (χ2n) is 6.12. The number of hydrogen-bond donors (Lipinski definition) is 0. The Morgan fingerprint density at radius 1 is 1.09 bits per heavy atom. The molecule has 0 aromatic heterocycles. The number of hydrogen-bond acceptors (Lipinski definition) is 3. The summed E-state index contributed by atoms with van der Waals surface area (Å²) in [4.78, 5) is 0. The monoisotopic (exact) mass is 415 g/mol. The third-order valence-corrected chi connectivity index (χ3v) is 5.92. The van der Waals surface area contributed by atoms with Crippen LogP contribution in [0.25, 0.3) is 0 Å². The van der Waals surface area contributed by atoms with E-state index in [1.807, 2.05) is 6.07 Å². The molecule has 0 unspecified atom stereocenters. The van der Waals surface area contributed by atoms with E-state index in [0.717, 1.165) is 3.92 Å². The fraction of sp³-hybridized carbons (Fsp3) is 0.588. The van der Waals surface area contributed by atoms with E-state index in [1.54, 1.807) is 6.07 Å². The van der Waals surface area contributed by atoms with E-state index in [2.05, 4.69) is 22.6 Å². The van der Waals surface area contributed by atoms with E-state index in [-0.39, 0.29) is 5.56 Å². The standard InChI is InChI=1S/C17H19FINO2/c18-16-7-12(1-2-13(16)8-20)17-21-9-14(10-22-17)11-3-5-15(19)6-4-11/h1-2,7,11,14-15,17H,3-6,9-10H2. The normalized spacial score (nSPS) is 32.4. The van der Waals surface area contributed by atoms with Crippen molar-refractivity contribution in [2.75, 3.05) is 13.2 Å². The third kappa shape index (κ3) is 3.61. The van der Waals surface area contributed by atoms with Gasteiger partial charge in [-0.3, -0.25) is 0 Å². The van der Waals surface area contributed by atoms with Crippen molar-refractivity contribution in [1.29, 1.82) is 5.26 Å². The predicted octanol–water partition coefficient (Wildman–Crippen LogP) is 4.35. The molecule has 0 radical (unpaired) electrons. The fourth-order valence-corrected chi connectivity index (χ4v) is 4.02. The van der Waals surface area contributed by atoms with Crippen molar-refractivity contribution in [2.24, 2.45) is 11.8 Å². The van der Waals surface area contributed by atoms with Crippen molar-refractivity contribution < 1.29 is 13.9 Å². The molecular formula is C17H19FINO2. The highest BCUT2D eigenvalue weighted by Crippen LogP contribution is 2.37. The highest BCUT2D eigenvalue weighted by Gasteiger charge is 2.32. The van der Waals surface area contributed by atoms with Gasteiger partial charge in [-0.2, -0.15) is 5.26 Å². The molecule has 1 saturated carbocycles. The molecule has 22 heavy (non-hydrogen) atoms. The number of rotatable bonds is 2. The van der Waals surface area contributed by atoms with E-state index in [0.29, 0.717) is 30.6 Å². The van der Waals surface area contributed by atoms with Gasteiger partial charge in [0.15, 0.2) is 6.29 Å². The van der Waals surface area contributed by atoms with Gasteiger partial charge in [0.1, 0.15) is 11.9 Å². The highest BCUT2D eigenvalue weighted by atomic mass is 127. The smallest absolute Gasteiger partial charge is 0.183 e. The van der Waals surface area contributed by atoms with Crippen LogP contribution in [0.2, 0.25) is 0 Å². The van der Waals surface area contributed by atoms with Crippen LogP contribution in [0.1, 0.15) is 43.1 Å². The number of halogens is 2. The first-order valence-corrected chi connectivity index (χ1v) is 8.98. The molecule has 1 saturated heterocycles. The van der Waals surface area contributed by atoms with Crippen molar-refractivity contribution in [3.8, 4) is 6.07 Å². The van der Waals surface area contributed by atoms with Gasteiger partial charge in [-0.15, -0.1) is 0 Å². The molecule has 5 heteroatoms. The van der Waals surface area contributed by atoms with Crippen molar-refractivity contribution in [3.63, 3.8) is 0 Å². The zero-order valence-electron chi connectivity index (χ0n) is 12.3. The van der Waals surface area contributed by atoms with Gasteiger partial charge in [0.05, 0.1) is 18.8 Å². The Hall–Kier alpha value is -0.710. The Morgan fingerprint density at radius 2 is 1.77 bits per heavy atom. The van der Waals surface area contributed by atoms with Crippen LogP contribution in [0.5, 0.6) is 0 Å². The van der Waals surface area contributed by atoms with E-state index in [9.17, 15) is 4.39 Å². The summed E-state index contributed by atoms with van der Waals surface area (Å²) >= 11 is 2.54. The minimum Gasteiger partial charge on any atom is -0.348 e. The van der Waals surface area contributed by atoms with Crippen LogP contribution < -0.4 is 0 Å². The molecule has 0 spiro atoms. The van der Waals surface area contributed by atoms with E-state index >= 15 is 0 Å². The molecule has 2 fully saturated rings. The topological polar surface area (TPSA) is 42.2 Å². The summed E-state index contributed by atoms with van der Waals surface area (Å²) in [7, 11) is 0. The second-order valence-corrected chi connectivity index (χ2v) is 7.88. The lowest BCUT2D eigenvalue weighted by atomic mass is 9.80. The minimum absolute atomic E-state index is 0.0491. The summed E-state index contributed by atoms with van der Waals surface area (Å²) in [6.45, 7) is 1.34. The zero-order valence-corrected chi connectivity index (χ0v) is 14.5. The molecule has 1 aliphatic heterocycles. The Morgan fingerprint density at radius 3 is 2.36 bits per heavy atom. The van der Waals surface area contributed by atoms with E-state index in [4.69, 9.17) is 14.7 Å². The Balaban J connectivity index is 1.57. The van der Waals surface area contributed by atoms with Gasteiger partial charge < -0.3 is 9.47 Å². The molecule has 3 nitrogen and oxygen atoms in total.